The SMILES string of the molecule is CC(=O)N1CCO[C@H](C(=O)O)C1. The summed E-state index contributed by atoms with van der Waals surface area (Å²) in [5, 5.41) is 8.57. The smallest absolute Gasteiger partial charge is 0.334 e. The van der Waals surface area contributed by atoms with Gasteiger partial charge in [0.25, 0.3) is 0 Å². The minimum Gasteiger partial charge on any atom is -0.479 e. The molecule has 5 nitrogen and oxygen atoms in total. The first-order valence-electron chi connectivity index (χ1n) is 3.71. The van der Waals surface area contributed by atoms with Crippen molar-refractivity contribution in [3.05, 3.63) is 0 Å². The number of hydrogen-bond donors (Lipinski definition) is 1. The molecular weight excluding hydrogens is 162 g/mol. The van der Waals surface area contributed by atoms with Gasteiger partial charge in [-0.05, 0) is 0 Å². The van der Waals surface area contributed by atoms with Gasteiger partial charge in [-0.15, -0.1) is 0 Å². The van der Waals surface area contributed by atoms with Crippen molar-refractivity contribution in [1.82, 2.24) is 4.90 Å². The van der Waals surface area contributed by atoms with Crippen LogP contribution in [0.15, 0.2) is 0 Å². The summed E-state index contributed by atoms with van der Waals surface area (Å²) >= 11 is 0. The lowest BCUT2D eigenvalue weighted by molar-refractivity contribution is -0.158. The van der Waals surface area contributed by atoms with Crippen molar-refractivity contribution in [2.45, 2.75) is 13.0 Å². The fourth-order valence-corrected chi connectivity index (χ4v) is 1.08. The second-order valence-corrected chi connectivity index (χ2v) is 2.66. The normalized spacial score (nSPS) is 23.8. The number of hydrogen-bond acceptors (Lipinski definition) is 3. The van der Waals surface area contributed by atoms with Crippen LogP contribution in [0.2, 0.25) is 0 Å². The van der Waals surface area contributed by atoms with Crippen LogP contribution < -0.4 is 0 Å². The van der Waals surface area contributed by atoms with Crippen molar-refractivity contribution in [2.24, 2.45) is 0 Å². The monoisotopic (exact) mass is 173 g/mol. The number of rotatable bonds is 1. The van der Waals surface area contributed by atoms with E-state index in [-0.39, 0.29) is 12.5 Å². The van der Waals surface area contributed by atoms with Gasteiger partial charge in [-0.25, -0.2) is 4.79 Å². The van der Waals surface area contributed by atoms with E-state index >= 15 is 0 Å². The van der Waals surface area contributed by atoms with Crippen LogP contribution in [0.1, 0.15) is 6.92 Å². The Kier molecular flexibility index (Phi) is 2.65. The standard InChI is InChI=1S/C7H11NO4/c1-5(9)8-2-3-12-6(4-8)7(10)11/h6H,2-4H2,1H3,(H,10,11)/t6-/m0/s1. The third-order valence-electron chi connectivity index (χ3n) is 1.79. The van der Waals surface area contributed by atoms with Crippen LogP contribution in [0.5, 0.6) is 0 Å². The molecule has 0 aliphatic carbocycles. The van der Waals surface area contributed by atoms with Crippen LogP contribution in [0.4, 0.5) is 0 Å². The molecule has 0 saturated carbocycles. The summed E-state index contributed by atoms with van der Waals surface area (Å²) in [5.74, 6) is -1.12. The first-order chi connectivity index (χ1) is 5.61. The molecule has 0 aromatic rings. The Morgan fingerprint density at radius 3 is 2.75 bits per heavy atom. The van der Waals surface area contributed by atoms with Crippen molar-refractivity contribution < 1.29 is 19.4 Å². The molecule has 1 saturated heterocycles. The van der Waals surface area contributed by atoms with Gasteiger partial charge in [0, 0.05) is 13.5 Å². The van der Waals surface area contributed by atoms with Gasteiger partial charge < -0.3 is 14.7 Å². The first kappa shape index (κ1) is 8.99. The topological polar surface area (TPSA) is 66.8 Å². The van der Waals surface area contributed by atoms with E-state index in [4.69, 9.17) is 9.84 Å². The Morgan fingerprint density at radius 2 is 2.25 bits per heavy atom. The number of aliphatic carboxylic acids is 1. The van der Waals surface area contributed by atoms with E-state index in [0.717, 1.165) is 0 Å². The zero-order valence-electron chi connectivity index (χ0n) is 6.82. The summed E-state index contributed by atoms with van der Waals surface area (Å²) in [6, 6.07) is 0. The Hall–Kier alpha value is -1.10. The van der Waals surface area contributed by atoms with Crippen molar-refractivity contribution in [3.63, 3.8) is 0 Å². The number of morpholine rings is 1. The highest BCUT2D eigenvalue weighted by molar-refractivity contribution is 5.76. The number of carbonyl (C=O) groups is 2. The molecule has 0 radical (unpaired) electrons. The van der Waals surface area contributed by atoms with Gasteiger partial charge >= 0.3 is 5.97 Å². The lowest BCUT2D eigenvalue weighted by atomic mass is 10.3. The molecule has 0 aromatic heterocycles. The zero-order chi connectivity index (χ0) is 9.14. The summed E-state index contributed by atoms with van der Waals surface area (Å²) in [6.45, 7) is 2.37. The molecule has 0 spiro atoms. The van der Waals surface area contributed by atoms with Gasteiger partial charge in [-0.3, -0.25) is 4.79 Å². The first-order valence-corrected chi connectivity index (χ1v) is 3.71. The highest BCUT2D eigenvalue weighted by Crippen LogP contribution is 2.04. The maximum absolute atomic E-state index is 10.8. The van der Waals surface area contributed by atoms with Gasteiger partial charge in [0.2, 0.25) is 5.91 Å². The number of amides is 1. The average molecular weight is 173 g/mol. The molecule has 0 aromatic carbocycles. The molecule has 1 heterocycles. The lowest BCUT2D eigenvalue weighted by Gasteiger charge is -2.29. The Balaban J connectivity index is 2.51. The van der Waals surface area contributed by atoms with Gasteiger partial charge in [-0.2, -0.15) is 0 Å². The van der Waals surface area contributed by atoms with E-state index < -0.39 is 12.1 Å². The lowest BCUT2D eigenvalue weighted by Crippen LogP contribution is -2.47. The summed E-state index contributed by atoms with van der Waals surface area (Å²) < 4.78 is 4.93. The average Bonchev–Trinajstić information content (AvgIpc) is 2.04. The van der Waals surface area contributed by atoms with E-state index in [1.54, 1.807) is 0 Å². The second-order valence-electron chi connectivity index (χ2n) is 2.66. The molecule has 1 aliphatic heterocycles. The summed E-state index contributed by atoms with van der Waals surface area (Å²) in [7, 11) is 0. The molecule has 68 valence electrons. The highest BCUT2D eigenvalue weighted by atomic mass is 16.5. The van der Waals surface area contributed by atoms with E-state index in [1.165, 1.54) is 11.8 Å². The number of ether oxygens (including phenoxy) is 1. The molecule has 5 heteroatoms. The predicted molar refractivity (Wildman–Crippen MR) is 39.6 cm³/mol. The quantitative estimate of drug-likeness (QED) is 0.570. The molecule has 1 fully saturated rings. The Labute approximate surface area is 69.9 Å². The van der Waals surface area contributed by atoms with Crippen LogP contribution in [0.25, 0.3) is 0 Å². The fraction of sp³-hybridized carbons (Fsp3) is 0.714. The molecule has 1 aliphatic rings. The maximum Gasteiger partial charge on any atom is 0.334 e. The number of carboxylic acids is 1. The summed E-state index contributed by atoms with van der Waals surface area (Å²) in [4.78, 5) is 22.8. The van der Waals surface area contributed by atoms with Crippen LogP contribution in [0, 0.1) is 0 Å². The van der Waals surface area contributed by atoms with E-state index in [9.17, 15) is 9.59 Å². The third-order valence-corrected chi connectivity index (χ3v) is 1.79. The maximum atomic E-state index is 10.8. The minimum absolute atomic E-state index is 0.107. The predicted octanol–water partition coefficient (Wildman–Crippen LogP) is -0.682. The molecule has 1 rings (SSSR count). The van der Waals surface area contributed by atoms with Gasteiger partial charge in [0.1, 0.15) is 0 Å². The van der Waals surface area contributed by atoms with E-state index in [2.05, 4.69) is 0 Å². The molecule has 0 unspecified atom stereocenters. The summed E-state index contributed by atoms with van der Waals surface area (Å²) in [5.41, 5.74) is 0. The van der Waals surface area contributed by atoms with Crippen LogP contribution in [-0.4, -0.2) is 47.7 Å². The van der Waals surface area contributed by atoms with Gasteiger partial charge in [0.05, 0.1) is 13.2 Å². The third kappa shape index (κ3) is 1.94. The minimum atomic E-state index is -1.01. The molecule has 1 N–H and O–H groups in total. The van der Waals surface area contributed by atoms with Crippen molar-refractivity contribution in [2.75, 3.05) is 19.7 Å². The Morgan fingerprint density at radius 1 is 1.58 bits per heavy atom. The van der Waals surface area contributed by atoms with Crippen molar-refractivity contribution >= 4 is 11.9 Å². The molecular formula is C7H11NO4. The van der Waals surface area contributed by atoms with Crippen molar-refractivity contribution in [3.8, 4) is 0 Å². The van der Waals surface area contributed by atoms with Crippen LogP contribution >= 0.6 is 0 Å². The van der Waals surface area contributed by atoms with Crippen LogP contribution in [0.3, 0.4) is 0 Å². The van der Waals surface area contributed by atoms with E-state index in [0.29, 0.717) is 13.2 Å². The second kappa shape index (κ2) is 3.53. The molecule has 1 amide bonds. The molecule has 12 heavy (non-hydrogen) atoms. The summed E-state index contributed by atoms with van der Waals surface area (Å²) in [6.07, 6.45) is -0.859. The van der Waals surface area contributed by atoms with E-state index in [1.807, 2.05) is 0 Å². The molecule has 1 atom stereocenters. The van der Waals surface area contributed by atoms with Gasteiger partial charge in [-0.1, -0.05) is 0 Å². The number of nitrogens with zero attached hydrogens (tertiary/aromatic N) is 1. The Bertz CT molecular complexity index is 184. The number of carboxylic acid groups (broad SMARTS) is 1. The zero-order valence-corrected chi connectivity index (χ0v) is 6.82. The van der Waals surface area contributed by atoms with Crippen LogP contribution in [-0.2, 0) is 14.3 Å². The van der Waals surface area contributed by atoms with Crippen molar-refractivity contribution in [1.29, 1.82) is 0 Å². The molecule has 0 bridgehead atoms. The van der Waals surface area contributed by atoms with Gasteiger partial charge in [0.15, 0.2) is 6.10 Å². The highest BCUT2D eigenvalue weighted by Gasteiger charge is 2.27. The largest absolute Gasteiger partial charge is 0.479 e. The fourth-order valence-electron chi connectivity index (χ4n) is 1.08. The number of carbonyl (C=O) groups excluding carboxylic acids is 1.